The molecule has 0 spiro atoms. The molecule has 0 saturated carbocycles. The fraction of sp³-hybridized carbons (Fsp3) is 0.455. The molecule has 0 aliphatic rings. The molecule has 1 aromatic rings. The minimum Gasteiger partial charge on any atom is -0.755 e. The van der Waals surface area contributed by atoms with Gasteiger partial charge in [0.2, 0.25) is 0 Å². The molecule has 0 saturated heterocycles. The summed E-state index contributed by atoms with van der Waals surface area (Å²) < 4.78 is 23.1. The smallest absolute Gasteiger partial charge is 0.0452 e. The maximum absolute atomic E-state index is 10.4. The zero-order valence-electron chi connectivity index (χ0n) is 10.0. The third kappa shape index (κ3) is 4.97. The van der Waals surface area contributed by atoms with Crippen LogP contribution in [0.2, 0.25) is 0 Å². The molecule has 1 aromatic carbocycles. The minimum absolute atomic E-state index is 0. The molecule has 0 aromatic heterocycles. The van der Waals surface area contributed by atoms with Crippen LogP contribution >= 0.6 is 0 Å². The first-order valence-electron chi connectivity index (χ1n) is 5.13. The van der Waals surface area contributed by atoms with Crippen molar-refractivity contribution in [3.63, 3.8) is 0 Å². The number of hydrogen-bond acceptors (Lipinski definition) is 2. The second-order valence-corrected chi connectivity index (χ2v) is 4.15. The number of nitrogens with one attached hydrogen (secondary N) is 1. The summed E-state index contributed by atoms with van der Waals surface area (Å²) in [6.45, 7) is 4.32. The van der Waals surface area contributed by atoms with Crippen LogP contribution < -0.4 is 4.72 Å². The molecule has 5 heteroatoms. The van der Waals surface area contributed by atoms with Crippen LogP contribution in [-0.2, 0) is 11.3 Å². The predicted molar refractivity (Wildman–Crippen MR) is 68.1 cm³/mol. The van der Waals surface area contributed by atoms with Gasteiger partial charge in [0.1, 0.15) is 0 Å². The molecule has 0 aliphatic carbocycles. The van der Waals surface area contributed by atoms with Gasteiger partial charge >= 0.3 is 0 Å². The summed E-state index contributed by atoms with van der Waals surface area (Å²) in [5.74, 6) is 0.566. The summed E-state index contributed by atoms with van der Waals surface area (Å²) >= 11 is -2.24. The van der Waals surface area contributed by atoms with E-state index in [9.17, 15) is 8.76 Å². The van der Waals surface area contributed by atoms with Crippen molar-refractivity contribution in [2.75, 3.05) is 4.72 Å². The second-order valence-electron chi connectivity index (χ2n) is 3.47. The van der Waals surface area contributed by atoms with E-state index in [1.54, 1.807) is 12.1 Å². The average Bonchev–Trinajstić information content (AvgIpc) is 2.21. The number of anilines is 1. The molecule has 0 aliphatic heterocycles. The number of benzene rings is 1. The van der Waals surface area contributed by atoms with Crippen molar-refractivity contribution in [1.82, 2.24) is 0 Å². The van der Waals surface area contributed by atoms with Crippen molar-refractivity contribution >= 4 is 46.5 Å². The van der Waals surface area contributed by atoms with Gasteiger partial charge in [-0.1, -0.05) is 26.0 Å². The second kappa shape index (κ2) is 8.25. The Labute approximate surface area is 122 Å². The molecule has 0 fully saturated rings. The van der Waals surface area contributed by atoms with Crippen molar-refractivity contribution in [3.05, 3.63) is 29.8 Å². The fourth-order valence-corrected chi connectivity index (χ4v) is 2.01. The van der Waals surface area contributed by atoms with Gasteiger partial charge < -0.3 is 9.27 Å². The first-order valence-corrected chi connectivity index (χ1v) is 6.20. The van der Waals surface area contributed by atoms with Crippen LogP contribution in [0.25, 0.3) is 0 Å². The van der Waals surface area contributed by atoms with Crippen molar-refractivity contribution < 1.29 is 8.76 Å². The van der Waals surface area contributed by atoms with Crippen molar-refractivity contribution in [3.8, 4) is 0 Å². The van der Waals surface area contributed by atoms with Gasteiger partial charge in [-0.15, -0.1) is 0 Å². The van der Waals surface area contributed by atoms with E-state index in [0.717, 1.165) is 12.8 Å². The van der Waals surface area contributed by atoms with E-state index < -0.39 is 11.3 Å². The number of rotatable bonds is 5. The van der Waals surface area contributed by atoms with Crippen LogP contribution in [0.4, 0.5) is 5.69 Å². The van der Waals surface area contributed by atoms with Crippen LogP contribution in [-0.4, -0.2) is 38.3 Å². The SMILES string of the molecule is CCC(CC)c1ccc(NS(=O)[O-])cc1.[Na]. The van der Waals surface area contributed by atoms with Crippen LogP contribution in [0.3, 0.4) is 0 Å². The Morgan fingerprint density at radius 1 is 1.25 bits per heavy atom. The first-order chi connectivity index (χ1) is 7.17. The van der Waals surface area contributed by atoms with E-state index >= 15 is 0 Å². The Balaban J connectivity index is 0.00000225. The third-order valence-corrected chi connectivity index (χ3v) is 2.97. The molecule has 3 nitrogen and oxygen atoms in total. The van der Waals surface area contributed by atoms with Crippen LogP contribution in [0, 0.1) is 0 Å². The van der Waals surface area contributed by atoms with E-state index in [2.05, 4.69) is 18.6 Å². The standard InChI is InChI=1S/C11H17NO2S.Na/c1-3-9(4-2)10-5-7-11(8-6-10)12-15(13)14;/h5-9,12H,3-4H2,1-2H3,(H,13,14);/p-1. The predicted octanol–water partition coefficient (Wildman–Crippen LogP) is 2.42. The summed E-state index contributed by atoms with van der Waals surface area (Å²) in [5, 5.41) is 0. The normalized spacial score (nSPS) is 12.0. The van der Waals surface area contributed by atoms with Gasteiger partial charge in [0.25, 0.3) is 0 Å². The van der Waals surface area contributed by atoms with Gasteiger partial charge in [-0.2, -0.15) is 0 Å². The maximum Gasteiger partial charge on any atom is 0.0452 e. The fourth-order valence-electron chi connectivity index (χ4n) is 1.68. The van der Waals surface area contributed by atoms with Crippen molar-refractivity contribution in [2.45, 2.75) is 32.6 Å². The van der Waals surface area contributed by atoms with Crippen LogP contribution in [0.1, 0.15) is 38.2 Å². The summed E-state index contributed by atoms with van der Waals surface area (Å²) in [7, 11) is 0. The minimum atomic E-state index is -2.24. The Kier molecular flexibility index (Phi) is 8.32. The summed E-state index contributed by atoms with van der Waals surface area (Å²) in [5.41, 5.74) is 1.88. The van der Waals surface area contributed by atoms with E-state index in [1.165, 1.54) is 5.56 Å². The monoisotopic (exact) mass is 249 g/mol. The number of hydrogen-bond donors (Lipinski definition) is 1. The molecule has 0 bridgehead atoms. The van der Waals surface area contributed by atoms with Gasteiger partial charge in [0.15, 0.2) is 0 Å². The third-order valence-electron chi connectivity index (χ3n) is 2.57. The molecule has 1 atom stereocenters. The van der Waals surface area contributed by atoms with Gasteiger partial charge in [0.05, 0.1) is 0 Å². The topological polar surface area (TPSA) is 52.2 Å². The zero-order chi connectivity index (χ0) is 11.3. The molecule has 16 heavy (non-hydrogen) atoms. The largest absolute Gasteiger partial charge is 0.755 e. The first kappa shape index (κ1) is 16.1. The summed E-state index contributed by atoms with van der Waals surface area (Å²) in [6, 6.07) is 7.55. The zero-order valence-corrected chi connectivity index (χ0v) is 12.8. The van der Waals surface area contributed by atoms with E-state index in [-0.39, 0.29) is 29.6 Å². The Bertz CT molecular complexity index is 325. The van der Waals surface area contributed by atoms with Gasteiger partial charge in [-0.3, -0.25) is 4.21 Å². The Morgan fingerprint density at radius 3 is 2.12 bits per heavy atom. The Morgan fingerprint density at radius 2 is 1.75 bits per heavy atom. The summed E-state index contributed by atoms with van der Waals surface area (Å²) in [4.78, 5) is 0. The molecule has 85 valence electrons. The molecule has 1 rings (SSSR count). The molecule has 1 N–H and O–H groups in total. The molecule has 0 amide bonds. The van der Waals surface area contributed by atoms with E-state index in [0.29, 0.717) is 11.6 Å². The summed E-state index contributed by atoms with van der Waals surface area (Å²) in [6.07, 6.45) is 2.22. The maximum atomic E-state index is 10.4. The molecule has 0 heterocycles. The molecule has 1 radical (unpaired) electrons. The molecule has 1 unspecified atom stereocenters. The van der Waals surface area contributed by atoms with Gasteiger partial charge in [-0.05, 0) is 36.5 Å². The Hall–Kier alpha value is 0.130. The van der Waals surface area contributed by atoms with E-state index in [1.807, 2.05) is 12.1 Å². The van der Waals surface area contributed by atoms with Crippen LogP contribution in [0.15, 0.2) is 24.3 Å². The van der Waals surface area contributed by atoms with Crippen LogP contribution in [0.5, 0.6) is 0 Å². The van der Waals surface area contributed by atoms with E-state index in [4.69, 9.17) is 0 Å². The average molecular weight is 249 g/mol. The molecular formula is C11H16NNaO2S-. The van der Waals surface area contributed by atoms with Gasteiger partial charge in [-0.25, -0.2) is 0 Å². The quantitative estimate of drug-likeness (QED) is 0.643. The van der Waals surface area contributed by atoms with Crippen molar-refractivity contribution in [1.29, 1.82) is 0 Å². The van der Waals surface area contributed by atoms with Crippen molar-refractivity contribution in [2.24, 2.45) is 0 Å². The molecular weight excluding hydrogens is 233 g/mol. The van der Waals surface area contributed by atoms with Gasteiger partial charge in [0, 0.05) is 46.5 Å².